The Balaban J connectivity index is 2.55. The quantitative estimate of drug-likeness (QED) is 0.778. The van der Waals surface area contributed by atoms with Gasteiger partial charge in [-0.05, 0) is 36.4 Å². The number of hydrogen-bond donors (Lipinski definition) is 1. The minimum atomic E-state index is -1.06. The highest BCUT2D eigenvalue weighted by molar-refractivity contribution is 9.10. The van der Waals surface area contributed by atoms with Crippen LogP contribution >= 0.6 is 15.9 Å². The minimum absolute atomic E-state index is 0.231. The Morgan fingerprint density at radius 2 is 1.57 bits per heavy atom. The smallest absolute Gasteiger partial charge is 0.159 e. The van der Waals surface area contributed by atoms with E-state index in [4.69, 9.17) is 0 Å². The van der Waals surface area contributed by atoms with Crippen molar-refractivity contribution in [1.29, 1.82) is 0 Å². The normalized spacial score (nSPS) is 12.5. The summed E-state index contributed by atoms with van der Waals surface area (Å²) in [6.07, 6.45) is 0. The van der Waals surface area contributed by atoms with E-state index in [-0.39, 0.29) is 15.6 Å². The van der Waals surface area contributed by atoms with Crippen molar-refractivity contribution in [3.8, 4) is 0 Å². The average Bonchev–Trinajstić information content (AvgIpc) is 2.40. The molecule has 0 saturated heterocycles. The van der Waals surface area contributed by atoms with Crippen molar-refractivity contribution in [2.24, 2.45) is 0 Å². The van der Waals surface area contributed by atoms with Gasteiger partial charge < -0.3 is 5.32 Å². The Labute approximate surface area is 128 Å². The Bertz CT molecular complexity index is 637. The van der Waals surface area contributed by atoms with E-state index in [0.29, 0.717) is 6.54 Å². The fourth-order valence-electron chi connectivity index (χ4n) is 2.11. The summed E-state index contributed by atoms with van der Waals surface area (Å²) in [5, 5.41) is 2.88. The predicted octanol–water partition coefficient (Wildman–Crippen LogP) is 4.70. The van der Waals surface area contributed by atoms with Crippen molar-refractivity contribution < 1.29 is 17.6 Å². The molecule has 6 heteroatoms. The molecule has 21 heavy (non-hydrogen) atoms. The Hall–Kier alpha value is -1.40. The van der Waals surface area contributed by atoms with Gasteiger partial charge in [-0.2, -0.15) is 0 Å². The molecule has 0 saturated carbocycles. The van der Waals surface area contributed by atoms with Gasteiger partial charge in [0.1, 0.15) is 11.6 Å². The van der Waals surface area contributed by atoms with Crippen LogP contribution in [0.15, 0.2) is 34.8 Å². The molecule has 1 nitrogen and oxygen atoms in total. The van der Waals surface area contributed by atoms with E-state index in [1.165, 1.54) is 6.07 Å². The molecule has 0 amide bonds. The van der Waals surface area contributed by atoms with Gasteiger partial charge in [0.2, 0.25) is 0 Å². The lowest BCUT2D eigenvalue weighted by Crippen LogP contribution is -2.24. The molecule has 1 N–H and O–H groups in total. The first kappa shape index (κ1) is 16.0. The third-order valence-corrected chi connectivity index (χ3v) is 3.48. The van der Waals surface area contributed by atoms with Crippen LogP contribution < -0.4 is 5.32 Å². The number of halogens is 5. The van der Waals surface area contributed by atoms with E-state index >= 15 is 0 Å². The average molecular weight is 362 g/mol. The second-order valence-electron chi connectivity index (χ2n) is 4.45. The lowest BCUT2D eigenvalue weighted by atomic mass is 9.97. The zero-order valence-electron chi connectivity index (χ0n) is 11.1. The van der Waals surface area contributed by atoms with Crippen LogP contribution in [0.5, 0.6) is 0 Å². The molecule has 1 atom stereocenters. The Morgan fingerprint density at radius 1 is 0.952 bits per heavy atom. The summed E-state index contributed by atoms with van der Waals surface area (Å²) < 4.78 is 54.8. The Morgan fingerprint density at radius 3 is 2.10 bits per heavy atom. The molecule has 2 aromatic carbocycles. The van der Waals surface area contributed by atoms with Gasteiger partial charge in [0.05, 0.1) is 6.04 Å². The van der Waals surface area contributed by atoms with Gasteiger partial charge in [0.25, 0.3) is 0 Å². The maximum absolute atomic E-state index is 14.1. The molecule has 2 aromatic rings. The molecular formula is C15H12BrF4N. The van der Waals surface area contributed by atoms with Crippen LogP contribution in [0.3, 0.4) is 0 Å². The first-order valence-electron chi connectivity index (χ1n) is 6.26. The van der Waals surface area contributed by atoms with E-state index in [2.05, 4.69) is 21.2 Å². The van der Waals surface area contributed by atoms with E-state index in [1.54, 1.807) is 6.92 Å². The van der Waals surface area contributed by atoms with E-state index < -0.39 is 29.3 Å². The van der Waals surface area contributed by atoms with Gasteiger partial charge in [-0.1, -0.05) is 28.9 Å². The summed E-state index contributed by atoms with van der Waals surface area (Å²) in [6, 6.07) is 4.52. The first-order valence-corrected chi connectivity index (χ1v) is 7.06. The summed E-state index contributed by atoms with van der Waals surface area (Å²) >= 11 is 3.00. The largest absolute Gasteiger partial charge is 0.306 e. The molecule has 0 aromatic heterocycles. The minimum Gasteiger partial charge on any atom is -0.306 e. The van der Waals surface area contributed by atoms with Gasteiger partial charge in [-0.25, -0.2) is 17.6 Å². The number of nitrogens with one attached hydrogen (secondary N) is 1. The SMILES string of the molecule is CCNC(c1ccc(F)c(F)c1)c1c(F)cc(Br)cc1F. The van der Waals surface area contributed by atoms with E-state index in [0.717, 1.165) is 24.3 Å². The van der Waals surface area contributed by atoms with Gasteiger partial charge in [-0.15, -0.1) is 0 Å². The summed E-state index contributed by atoms with van der Waals surface area (Å²) in [5.41, 5.74) is 0.0157. The molecule has 0 radical (unpaired) electrons. The lowest BCUT2D eigenvalue weighted by Gasteiger charge is -2.20. The third kappa shape index (κ3) is 3.44. The predicted molar refractivity (Wildman–Crippen MR) is 75.9 cm³/mol. The fraction of sp³-hybridized carbons (Fsp3) is 0.200. The van der Waals surface area contributed by atoms with E-state index in [1.807, 2.05) is 0 Å². The van der Waals surface area contributed by atoms with Gasteiger partial charge in [-0.3, -0.25) is 0 Å². The molecule has 0 aliphatic heterocycles. The molecule has 0 fully saturated rings. The van der Waals surface area contributed by atoms with Crippen molar-refractivity contribution >= 4 is 15.9 Å². The third-order valence-electron chi connectivity index (χ3n) is 3.02. The van der Waals surface area contributed by atoms with Crippen molar-refractivity contribution in [2.75, 3.05) is 6.54 Å². The highest BCUT2D eigenvalue weighted by Gasteiger charge is 2.23. The van der Waals surface area contributed by atoms with Crippen molar-refractivity contribution in [3.63, 3.8) is 0 Å². The zero-order valence-corrected chi connectivity index (χ0v) is 12.6. The van der Waals surface area contributed by atoms with Crippen LogP contribution in [0.4, 0.5) is 17.6 Å². The van der Waals surface area contributed by atoms with Gasteiger partial charge >= 0.3 is 0 Å². The van der Waals surface area contributed by atoms with Crippen molar-refractivity contribution in [3.05, 3.63) is 69.2 Å². The second-order valence-corrected chi connectivity index (χ2v) is 5.36. The molecule has 0 bridgehead atoms. The molecule has 1 unspecified atom stereocenters. The molecule has 0 heterocycles. The number of hydrogen-bond acceptors (Lipinski definition) is 1. The van der Waals surface area contributed by atoms with Gasteiger partial charge in [0, 0.05) is 10.0 Å². The lowest BCUT2D eigenvalue weighted by molar-refractivity contribution is 0.492. The van der Waals surface area contributed by atoms with Crippen LogP contribution in [0.1, 0.15) is 24.1 Å². The summed E-state index contributed by atoms with van der Waals surface area (Å²) in [5.74, 6) is -3.60. The maximum atomic E-state index is 14.1. The van der Waals surface area contributed by atoms with Crippen LogP contribution in [-0.2, 0) is 0 Å². The Kier molecular flexibility index (Phi) is 5.00. The highest BCUT2D eigenvalue weighted by atomic mass is 79.9. The summed E-state index contributed by atoms with van der Waals surface area (Å²) in [4.78, 5) is 0. The molecule has 0 spiro atoms. The van der Waals surface area contributed by atoms with Crippen LogP contribution in [-0.4, -0.2) is 6.54 Å². The fourth-order valence-corrected chi connectivity index (χ4v) is 2.51. The van der Waals surface area contributed by atoms with Crippen LogP contribution in [0.25, 0.3) is 0 Å². The monoisotopic (exact) mass is 361 g/mol. The first-order chi connectivity index (χ1) is 9.93. The molecule has 112 valence electrons. The number of benzene rings is 2. The van der Waals surface area contributed by atoms with Crippen LogP contribution in [0.2, 0.25) is 0 Å². The number of rotatable bonds is 4. The van der Waals surface area contributed by atoms with Crippen LogP contribution in [0, 0.1) is 23.3 Å². The van der Waals surface area contributed by atoms with Crippen molar-refractivity contribution in [1.82, 2.24) is 5.32 Å². The molecular weight excluding hydrogens is 350 g/mol. The summed E-state index contributed by atoms with van der Waals surface area (Å²) in [7, 11) is 0. The molecule has 0 aliphatic rings. The standard InChI is InChI=1S/C15H12BrF4N/c1-2-21-15(8-3-4-10(17)11(18)5-8)14-12(19)6-9(16)7-13(14)20/h3-7,15,21H,2H2,1H3. The maximum Gasteiger partial charge on any atom is 0.159 e. The van der Waals surface area contributed by atoms with E-state index in [9.17, 15) is 17.6 Å². The van der Waals surface area contributed by atoms with Gasteiger partial charge in [0.15, 0.2) is 11.6 Å². The van der Waals surface area contributed by atoms with Crippen molar-refractivity contribution in [2.45, 2.75) is 13.0 Å². The molecule has 0 aliphatic carbocycles. The second kappa shape index (κ2) is 6.58. The summed E-state index contributed by atoms with van der Waals surface area (Å²) in [6.45, 7) is 2.15. The highest BCUT2D eigenvalue weighted by Crippen LogP contribution is 2.30. The zero-order chi connectivity index (χ0) is 15.6. The molecule has 2 rings (SSSR count). The topological polar surface area (TPSA) is 12.0 Å².